The highest BCUT2D eigenvalue weighted by Gasteiger charge is 2.32. The molecule has 2 aromatic rings. The second kappa shape index (κ2) is 5.97. The van der Waals surface area contributed by atoms with Gasteiger partial charge < -0.3 is 4.74 Å². The Balaban J connectivity index is 1.80. The summed E-state index contributed by atoms with van der Waals surface area (Å²) in [6, 6.07) is 2.10. The van der Waals surface area contributed by atoms with Gasteiger partial charge in [0.25, 0.3) is 0 Å². The summed E-state index contributed by atoms with van der Waals surface area (Å²) in [4.78, 5) is 11.9. The van der Waals surface area contributed by atoms with E-state index in [-0.39, 0.29) is 18.1 Å². The van der Waals surface area contributed by atoms with Crippen LogP contribution in [0, 0.1) is 0 Å². The number of carbonyl (C=O) groups is 1. The molecule has 0 atom stereocenters. The van der Waals surface area contributed by atoms with Gasteiger partial charge in [-0.15, -0.1) is 5.10 Å². The summed E-state index contributed by atoms with van der Waals surface area (Å²) in [6.07, 6.45) is 4.18. The van der Waals surface area contributed by atoms with E-state index in [1.54, 1.807) is 6.20 Å². The number of rotatable bonds is 4. The molecule has 2 heterocycles. The van der Waals surface area contributed by atoms with Crippen LogP contribution in [0.4, 0.5) is 0 Å². The molecule has 2 aromatic heterocycles. The van der Waals surface area contributed by atoms with Crippen molar-refractivity contribution in [2.45, 2.75) is 78.0 Å². The molecule has 0 aliphatic heterocycles. The third-order valence-corrected chi connectivity index (χ3v) is 3.88. The molecule has 0 saturated heterocycles. The fourth-order valence-corrected chi connectivity index (χ4v) is 2.73. The first-order valence-electron chi connectivity index (χ1n) is 8.76. The van der Waals surface area contributed by atoms with Crippen LogP contribution >= 0.6 is 0 Å². The molecule has 1 fully saturated rings. The highest BCUT2D eigenvalue weighted by molar-refractivity contribution is 5.69. The monoisotopic (exact) mass is 345 g/mol. The van der Waals surface area contributed by atoms with Crippen LogP contribution in [0.1, 0.15) is 66.0 Å². The van der Waals surface area contributed by atoms with Gasteiger partial charge in [-0.2, -0.15) is 5.10 Å². The van der Waals surface area contributed by atoms with Crippen molar-refractivity contribution in [2.75, 3.05) is 0 Å². The van der Waals surface area contributed by atoms with Crippen LogP contribution in [0.2, 0.25) is 0 Å². The predicted octanol–water partition coefficient (Wildman–Crippen LogP) is 3.12. The Bertz CT molecular complexity index is 772. The molecule has 1 aliphatic carbocycles. The third kappa shape index (κ3) is 4.27. The maximum Gasteiger partial charge on any atom is 0.328 e. The van der Waals surface area contributed by atoms with Crippen LogP contribution in [0.25, 0.3) is 11.4 Å². The Labute approximate surface area is 148 Å². The SMILES string of the molecule is CC(C)(C)OC(=O)Cn1cc(-c2cc(C3CC3)n(C(C)(C)C)n2)nn1. The van der Waals surface area contributed by atoms with E-state index in [0.717, 1.165) is 5.69 Å². The van der Waals surface area contributed by atoms with E-state index in [1.165, 1.54) is 23.2 Å². The first kappa shape index (κ1) is 17.6. The van der Waals surface area contributed by atoms with Gasteiger partial charge in [0.05, 0.1) is 11.7 Å². The lowest BCUT2D eigenvalue weighted by Gasteiger charge is -2.22. The third-order valence-electron chi connectivity index (χ3n) is 3.88. The Hall–Kier alpha value is -2.18. The average Bonchev–Trinajstić information content (AvgIpc) is 3.01. The van der Waals surface area contributed by atoms with Gasteiger partial charge in [-0.05, 0) is 60.5 Å². The summed E-state index contributed by atoms with van der Waals surface area (Å²) >= 11 is 0. The lowest BCUT2D eigenvalue weighted by atomic mass is 10.1. The molecule has 3 rings (SSSR count). The smallest absolute Gasteiger partial charge is 0.328 e. The molecule has 0 N–H and O–H groups in total. The number of ether oxygens (including phenoxy) is 1. The molecule has 0 amide bonds. The van der Waals surface area contributed by atoms with E-state index in [2.05, 4.69) is 41.8 Å². The van der Waals surface area contributed by atoms with Crippen LogP contribution in [-0.4, -0.2) is 36.3 Å². The molecule has 0 radical (unpaired) electrons. The van der Waals surface area contributed by atoms with E-state index in [1.807, 2.05) is 20.8 Å². The fraction of sp³-hybridized carbons (Fsp3) is 0.667. The Kier molecular flexibility index (Phi) is 4.21. The normalized spacial score (nSPS) is 15.4. The topological polar surface area (TPSA) is 74.8 Å². The number of aromatic nitrogens is 5. The zero-order chi connectivity index (χ0) is 18.4. The van der Waals surface area contributed by atoms with Crippen molar-refractivity contribution in [1.29, 1.82) is 0 Å². The van der Waals surface area contributed by atoms with Gasteiger partial charge in [0.2, 0.25) is 0 Å². The highest BCUT2D eigenvalue weighted by Crippen LogP contribution is 2.42. The lowest BCUT2D eigenvalue weighted by Crippen LogP contribution is -2.26. The molecule has 136 valence electrons. The van der Waals surface area contributed by atoms with Crippen LogP contribution in [0.15, 0.2) is 12.3 Å². The van der Waals surface area contributed by atoms with Crippen LogP contribution in [0.5, 0.6) is 0 Å². The number of carbonyl (C=O) groups excluding carboxylic acids is 1. The number of esters is 1. The Morgan fingerprint density at radius 2 is 1.88 bits per heavy atom. The summed E-state index contributed by atoms with van der Waals surface area (Å²) in [7, 11) is 0. The molecule has 1 saturated carbocycles. The molecule has 7 nitrogen and oxygen atoms in total. The van der Waals surface area contributed by atoms with E-state index in [0.29, 0.717) is 11.6 Å². The summed E-state index contributed by atoms with van der Waals surface area (Å²) < 4.78 is 8.90. The predicted molar refractivity (Wildman–Crippen MR) is 94.1 cm³/mol. The molecule has 7 heteroatoms. The van der Waals surface area contributed by atoms with Gasteiger partial charge in [-0.1, -0.05) is 5.21 Å². The average molecular weight is 345 g/mol. The second-order valence-corrected chi connectivity index (χ2v) is 8.70. The van der Waals surface area contributed by atoms with Crippen LogP contribution in [0.3, 0.4) is 0 Å². The Morgan fingerprint density at radius 3 is 2.44 bits per heavy atom. The van der Waals surface area contributed by atoms with Gasteiger partial charge in [-0.25, -0.2) is 4.68 Å². The lowest BCUT2D eigenvalue weighted by molar-refractivity contribution is -0.155. The largest absolute Gasteiger partial charge is 0.459 e. The van der Waals surface area contributed by atoms with Gasteiger partial charge >= 0.3 is 5.97 Å². The maximum absolute atomic E-state index is 11.9. The quantitative estimate of drug-likeness (QED) is 0.796. The van der Waals surface area contributed by atoms with Crippen LogP contribution < -0.4 is 0 Å². The second-order valence-electron chi connectivity index (χ2n) is 8.70. The summed E-state index contributed by atoms with van der Waals surface area (Å²) in [5.74, 6) is 0.264. The molecule has 1 aliphatic rings. The minimum absolute atomic E-state index is 0.0414. The van der Waals surface area contributed by atoms with Crippen molar-refractivity contribution in [3.05, 3.63) is 18.0 Å². The van der Waals surface area contributed by atoms with Crippen molar-refractivity contribution in [3.63, 3.8) is 0 Å². The van der Waals surface area contributed by atoms with E-state index in [9.17, 15) is 4.79 Å². The van der Waals surface area contributed by atoms with Gasteiger partial charge in [0.15, 0.2) is 0 Å². The van der Waals surface area contributed by atoms with Crippen molar-refractivity contribution in [1.82, 2.24) is 24.8 Å². The van der Waals surface area contributed by atoms with Gasteiger partial charge in [0, 0.05) is 11.6 Å². The molecule has 25 heavy (non-hydrogen) atoms. The zero-order valence-electron chi connectivity index (χ0n) is 15.9. The van der Waals surface area contributed by atoms with Crippen molar-refractivity contribution >= 4 is 5.97 Å². The minimum atomic E-state index is -0.509. The first-order chi connectivity index (χ1) is 11.5. The molecule has 0 bridgehead atoms. The minimum Gasteiger partial charge on any atom is -0.459 e. The number of hydrogen-bond donors (Lipinski definition) is 0. The van der Waals surface area contributed by atoms with Crippen molar-refractivity contribution in [2.24, 2.45) is 0 Å². The van der Waals surface area contributed by atoms with Gasteiger partial charge in [-0.3, -0.25) is 9.48 Å². The maximum atomic E-state index is 11.9. The molecular formula is C18H27N5O2. The molecule has 0 aromatic carbocycles. The molecule has 0 spiro atoms. The fourth-order valence-electron chi connectivity index (χ4n) is 2.73. The van der Waals surface area contributed by atoms with E-state index < -0.39 is 5.60 Å². The molecular weight excluding hydrogens is 318 g/mol. The number of nitrogens with zero attached hydrogens (tertiary/aromatic N) is 5. The van der Waals surface area contributed by atoms with Crippen molar-refractivity contribution in [3.8, 4) is 11.4 Å². The highest BCUT2D eigenvalue weighted by atomic mass is 16.6. The molecule has 0 unspecified atom stereocenters. The summed E-state index contributed by atoms with van der Waals surface area (Å²) in [6.45, 7) is 12.0. The van der Waals surface area contributed by atoms with Crippen molar-refractivity contribution < 1.29 is 9.53 Å². The van der Waals surface area contributed by atoms with Crippen LogP contribution in [-0.2, 0) is 21.6 Å². The zero-order valence-corrected chi connectivity index (χ0v) is 15.9. The standard InChI is InChI=1S/C18H27N5O2/c1-17(2,3)23-15(12-7-8-12)9-13(20-23)14-10-22(21-19-14)11-16(24)25-18(4,5)6/h9-10,12H,7-8,11H2,1-6H3. The van der Waals surface area contributed by atoms with E-state index >= 15 is 0 Å². The summed E-state index contributed by atoms with van der Waals surface area (Å²) in [5.41, 5.74) is 2.14. The van der Waals surface area contributed by atoms with Gasteiger partial charge in [0.1, 0.15) is 23.5 Å². The van der Waals surface area contributed by atoms with E-state index in [4.69, 9.17) is 9.84 Å². The summed E-state index contributed by atoms with van der Waals surface area (Å²) in [5, 5.41) is 13.0. The number of hydrogen-bond acceptors (Lipinski definition) is 5. The Morgan fingerprint density at radius 1 is 1.20 bits per heavy atom. The first-order valence-corrected chi connectivity index (χ1v) is 8.76.